The minimum Gasteiger partial charge on any atom is -0.383 e. The molecule has 20 heteroatoms. The molecule has 6 N–H and O–H groups in total. The molecule has 6 fully saturated rings. The van der Waals surface area contributed by atoms with E-state index in [4.69, 9.17) is 60.6 Å². The summed E-state index contributed by atoms with van der Waals surface area (Å²) in [6.07, 6.45) is 22.7. The molecule has 18 nitrogen and oxygen atoms in total. The molecule has 512 valence electrons. The molecular weight excluding hydrogens is 1230 g/mol. The molecule has 3 heterocycles. The van der Waals surface area contributed by atoms with Crippen LogP contribution in [0.15, 0.2) is 69.6 Å². The summed E-state index contributed by atoms with van der Waals surface area (Å²) in [4.78, 5) is 61.9. The molecule has 3 atom stereocenters. The van der Waals surface area contributed by atoms with Gasteiger partial charge in [0.25, 0.3) is 17.7 Å². The van der Waals surface area contributed by atoms with Crippen LogP contribution in [0.1, 0.15) is 166 Å². The largest absolute Gasteiger partial charge is 0.383 e. The van der Waals surface area contributed by atoms with Gasteiger partial charge in [0.05, 0.1) is 57.8 Å². The Labute approximate surface area is 570 Å². The third-order valence-corrected chi connectivity index (χ3v) is 22.9. The zero-order valence-corrected chi connectivity index (χ0v) is 57.9. The number of ether oxygens (including phenoxy) is 6. The second kappa shape index (κ2) is 28.6. The molecule has 6 spiro atoms. The zero-order valence-electron chi connectivity index (χ0n) is 57.1. The number of fused-ring (bicyclic) bond motifs is 9. The number of halogens is 1. The van der Waals surface area contributed by atoms with Gasteiger partial charge in [0.2, 0.25) is 0 Å². The summed E-state index contributed by atoms with van der Waals surface area (Å²) in [5.74, 6) is 22.5. The van der Waals surface area contributed by atoms with Gasteiger partial charge in [-0.1, -0.05) is 53.7 Å². The lowest BCUT2D eigenvalue weighted by atomic mass is 9.61. The van der Waals surface area contributed by atoms with Crippen molar-refractivity contribution < 1.29 is 46.7 Å². The normalized spacial score (nSPS) is 30.9. The Morgan fingerprint density at radius 1 is 0.448 bits per heavy atom. The molecule has 1 unspecified atom stereocenters. The van der Waals surface area contributed by atoms with Crippen LogP contribution in [0.4, 0.5) is 3.89 Å². The molecular formula is C76H96FN9O9S. The van der Waals surface area contributed by atoms with Crippen LogP contribution < -0.4 is 17.2 Å². The van der Waals surface area contributed by atoms with E-state index in [1.165, 1.54) is 61.5 Å². The van der Waals surface area contributed by atoms with E-state index in [1.807, 2.05) is 0 Å². The number of methoxy groups -OCH3 is 6. The molecule has 3 aliphatic heterocycles. The number of rotatable bonds is 12. The first-order chi connectivity index (χ1) is 46.5. The highest BCUT2D eigenvalue weighted by molar-refractivity contribution is 7.93. The summed E-state index contributed by atoms with van der Waals surface area (Å²) < 4.78 is 42.8. The smallest absolute Gasteiger partial charge is 0.262 e. The van der Waals surface area contributed by atoms with Crippen LogP contribution in [-0.2, 0) is 78.7 Å². The van der Waals surface area contributed by atoms with Gasteiger partial charge in [-0.25, -0.2) is 15.0 Å². The fraction of sp³-hybridized carbons (Fsp3) is 0.605. The predicted octanol–water partition coefficient (Wildman–Crippen LogP) is 8.97. The maximum Gasteiger partial charge on any atom is 0.262 e. The number of aliphatic imine (C=N–C) groups is 3. The highest BCUT2D eigenvalue weighted by atomic mass is 32.2. The molecule has 12 aliphatic rings. The van der Waals surface area contributed by atoms with Gasteiger partial charge in [0, 0.05) is 112 Å². The number of amides is 3. The Kier molecular flexibility index (Phi) is 20.6. The summed E-state index contributed by atoms with van der Waals surface area (Å²) in [5, 5.41) is 0. The van der Waals surface area contributed by atoms with Gasteiger partial charge < -0.3 is 45.6 Å². The molecule has 96 heavy (non-hydrogen) atoms. The SMILES string of the molecule is COCCN1C(=O)C2(N=C1N)c1cc(C#CC3CC3)ccc1CC21CCC(OC)CC1.COCCN1C(=O)[C@@]2(N=C1N)c1cc(C#CC3CC3)ccc1CC21CCC(OC)CC1.COCCN1C(=O)[C@]2(N=C1N)c1cc(C#CC3CC3)ccc1CC21CCC(OC)CC1.CSF. The van der Waals surface area contributed by atoms with Crippen molar-refractivity contribution in [3.8, 4) is 35.5 Å². The summed E-state index contributed by atoms with van der Waals surface area (Å²) in [6, 6.07) is 19.1. The number of benzene rings is 3. The topological polar surface area (TPSA) is 231 Å². The van der Waals surface area contributed by atoms with Crippen molar-refractivity contribution in [2.75, 3.05) is 88.4 Å². The van der Waals surface area contributed by atoms with Crippen LogP contribution in [0.5, 0.6) is 0 Å². The van der Waals surface area contributed by atoms with Crippen molar-refractivity contribution in [2.45, 2.75) is 170 Å². The van der Waals surface area contributed by atoms with Crippen molar-refractivity contribution in [1.82, 2.24) is 14.7 Å². The number of carbonyl (C=O) groups excluding carboxylic acids is 3. The summed E-state index contributed by atoms with van der Waals surface area (Å²) in [5.41, 5.74) is 24.9. The van der Waals surface area contributed by atoms with Gasteiger partial charge in [-0.15, -0.1) is 0 Å². The maximum atomic E-state index is 14.0. The molecule has 0 aromatic heterocycles. The number of carbonyl (C=O) groups is 3. The minimum absolute atomic E-state index is 0.0102. The molecule has 0 radical (unpaired) electrons. The Morgan fingerprint density at radius 3 is 0.917 bits per heavy atom. The third-order valence-electron chi connectivity index (χ3n) is 22.9. The highest BCUT2D eigenvalue weighted by Crippen LogP contribution is 2.65. The second-order valence-corrected chi connectivity index (χ2v) is 28.8. The van der Waals surface area contributed by atoms with E-state index < -0.39 is 16.6 Å². The average Bonchev–Trinajstić information content (AvgIpc) is 1.54. The van der Waals surface area contributed by atoms with E-state index in [0.717, 1.165) is 130 Å². The van der Waals surface area contributed by atoms with Gasteiger partial charge in [0.1, 0.15) is 0 Å². The first-order valence-electron chi connectivity index (χ1n) is 34.7. The van der Waals surface area contributed by atoms with Crippen LogP contribution in [0, 0.1) is 69.5 Å². The van der Waals surface area contributed by atoms with Crippen LogP contribution in [0.2, 0.25) is 0 Å². The molecule has 3 amide bonds. The minimum atomic E-state index is -0.962. The number of nitrogens with zero attached hydrogens (tertiary/aromatic N) is 6. The van der Waals surface area contributed by atoms with Gasteiger partial charge in [0.15, 0.2) is 34.5 Å². The van der Waals surface area contributed by atoms with Crippen LogP contribution in [-0.4, -0.2) is 157 Å². The van der Waals surface area contributed by atoms with Crippen molar-refractivity contribution in [3.05, 3.63) is 105 Å². The number of hydrogen-bond donors (Lipinski definition) is 3. The van der Waals surface area contributed by atoms with Gasteiger partial charge in [-0.05, 0) is 205 Å². The first kappa shape index (κ1) is 69.1. The Morgan fingerprint density at radius 2 is 0.698 bits per heavy atom. The van der Waals surface area contributed by atoms with E-state index in [-0.39, 0.29) is 64.4 Å². The summed E-state index contributed by atoms with van der Waals surface area (Å²) >= 11 is 0.250. The van der Waals surface area contributed by atoms with E-state index in [2.05, 4.69) is 90.1 Å². The molecule has 0 bridgehead atoms. The molecule has 3 aromatic rings. The number of guanidine groups is 3. The van der Waals surface area contributed by atoms with E-state index in [9.17, 15) is 18.3 Å². The van der Waals surface area contributed by atoms with Crippen LogP contribution >= 0.6 is 12.1 Å². The Balaban J connectivity index is 0.000000135. The van der Waals surface area contributed by atoms with Gasteiger partial charge in [-0.3, -0.25) is 29.1 Å². The van der Waals surface area contributed by atoms with Crippen molar-refractivity contribution in [2.24, 2.45) is 66.2 Å². The summed E-state index contributed by atoms with van der Waals surface area (Å²) in [7, 11) is 10.2. The van der Waals surface area contributed by atoms with Gasteiger partial charge in [-0.2, -0.15) is 3.89 Å². The Bertz CT molecular complexity index is 3350. The quantitative estimate of drug-likeness (QED) is 0.144. The lowest BCUT2D eigenvalue weighted by Crippen LogP contribution is -2.52. The van der Waals surface area contributed by atoms with Crippen molar-refractivity contribution >= 4 is 47.7 Å². The summed E-state index contributed by atoms with van der Waals surface area (Å²) in [6.45, 7) is 2.53. The fourth-order valence-electron chi connectivity index (χ4n) is 17.3. The van der Waals surface area contributed by atoms with Crippen LogP contribution in [0.3, 0.4) is 0 Å². The number of hydrogen-bond acceptors (Lipinski definition) is 16. The van der Waals surface area contributed by atoms with Crippen molar-refractivity contribution in [3.63, 3.8) is 0 Å². The first-order valence-corrected chi connectivity index (χ1v) is 35.8. The molecule has 6 saturated carbocycles. The standard InChI is InChI=1S/3C25H31N3O3.CH3FS/c3*1-30-14-13-28-22(29)25(27-23(28)26)21-15-18(6-5-17-3-4-17)7-8-19(21)16-24(25)11-9-20(31-2)10-12-24;1-3-2/h3*7-8,15,17,20H,3-4,9-14,16H2,1-2H3,(H2,26,27);1H3/t2*20?,24?,25-;;/m10../s1. The second-order valence-electron chi connectivity index (χ2n) is 28.5. The molecule has 0 saturated heterocycles. The van der Waals surface area contributed by atoms with E-state index in [1.54, 1.807) is 57.4 Å². The van der Waals surface area contributed by atoms with Gasteiger partial charge >= 0.3 is 0 Å². The maximum absolute atomic E-state index is 14.0. The molecule has 3 aromatic carbocycles. The zero-order chi connectivity index (χ0) is 67.6. The predicted molar refractivity (Wildman–Crippen MR) is 370 cm³/mol. The lowest BCUT2D eigenvalue weighted by Gasteiger charge is -2.45. The molecule has 15 rings (SSSR count). The monoisotopic (exact) mass is 1330 g/mol. The fourth-order valence-corrected chi connectivity index (χ4v) is 17.3. The van der Waals surface area contributed by atoms with Crippen LogP contribution in [0.25, 0.3) is 0 Å². The average molecular weight is 1330 g/mol. The van der Waals surface area contributed by atoms with E-state index >= 15 is 0 Å². The third kappa shape index (κ3) is 12.6. The van der Waals surface area contributed by atoms with E-state index in [0.29, 0.717) is 75.1 Å². The number of nitrogens with two attached hydrogens (primary N) is 3. The van der Waals surface area contributed by atoms with Crippen molar-refractivity contribution in [1.29, 1.82) is 0 Å². The Hall–Kier alpha value is -6.80. The molecule has 9 aliphatic carbocycles. The lowest BCUT2D eigenvalue weighted by molar-refractivity contribution is -0.139. The highest BCUT2D eigenvalue weighted by Gasteiger charge is 2.69.